The second kappa shape index (κ2) is 9.78. The Hall–Kier alpha value is -1.55. The van der Waals surface area contributed by atoms with E-state index < -0.39 is 0 Å². The maximum atomic E-state index is 6.20. The van der Waals surface area contributed by atoms with Crippen LogP contribution in [0.2, 0.25) is 5.02 Å². The van der Waals surface area contributed by atoms with Gasteiger partial charge in [0.1, 0.15) is 0 Å². The Morgan fingerprint density at radius 3 is 2.25 bits per heavy atom. The Balaban J connectivity index is 0.00000280. The minimum absolute atomic E-state index is 0. The van der Waals surface area contributed by atoms with E-state index in [4.69, 9.17) is 16.6 Å². The number of hydrogen-bond acceptors (Lipinski definition) is 3. The highest BCUT2D eigenvalue weighted by Gasteiger charge is 2.20. The van der Waals surface area contributed by atoms with Crippen molar-refractivity contribution in [2.24, 2.45) is 0 Å². The molecule has 2 aromatic carbocycles. The Bertz CT molecular complexity index is 916. The zero-order chi connectivity index (χ0) is 19.6. The molecule has 3 aromatic rings. The number of nitrogens with zero attached hydrogens (tertiary/aromatic N) is 2. The molecule has 3 rings (SSSR count). The van der Waals surface area contributed by atoms with Gasteiger partial charge in [0.25, 0.3) is 0 Å². The van der Waals surface area contributed by atoms with Crippen LogP contribution in [-0.4, -0.2) is 34.6 Å². The highest BCUT2D eigenvalue weighted by Crippen LogP contribution is 2.32. The normalized spacial score (nSPS) is 12.8. The molecule has 0 aliphatic rings. The van der Waals surface area contributed by atoms with Crippen LogP contribution in [0.4, 0.5) is 5.69 Å². The predicted octanol–water partition coefficient (Wildman–Crippen LogP) is 6.77. The van der Waals surface area contributed by atoms with Gasteiger partial charge in [0.2, 0.25) is 0 Å². The fourth-order valence-electron chi connectivity index (χ4n) is 4.23. The van der Waals surface area contributed by atoms with Crippen molar-refractivity contribution >= 4 is 51.5 Å². The second-order valence-electron chi connectivity index (χ2n) is 7.86. The molecule has 3 nitrogen and oxygen atoms in total. The monoisotopic (exact) mass is 419 g/mol. The molecule has 0 spiro atoms. The predicted molar refractivity (Wildman–Crippen MR) is 126 cm³/mol. The zero-order valence-corrected chi connectivity index (χ0v) is 18.9. The molecule has 1 N–H and O–H groups in total. The van der Waals surface area contributed by atoms with E-state index in [1.165, 1.54) is 0 Å². The summed E-state index contributed by atoms with van der Waals surface area (Å²) in [7, 11) is 0. The first-order valence-electron chi connectivity index (χ1n) is 9.87. The summed E-state index contributed by atoms with van der Waals surface area (Å²) in [6.45, 7) is 12.3. The SMILES string of the molecule is CC(C)N(C(C)C)C(C)CCNc1c2ccccc2nc2cc(Cl)ccc12.Cl. The standard InChI is InChI=1S/C23H30ClN3.ClH/c1-15(2)27(16(3)4)17(5)12-13-25-23-19-8-6-7-9-21(19)26-22-14-18(24)10-11-20(22)23;/h6-11,14-17H,12-13H2,1-5H3,(H,25,26);1H. The first-order valence-corrected chi connectivity index (χ1v) is 10.3. The summed E-state index contributed by atoms with van der Waals surface area (Å²) >= 11 is 6.20. The molecule has 0 aliphatic carbocycles. The van der Waals surface area contributed by atoms with Gasteiger partial charge >= 0.3 is 0 Å². The van der Waals surface area contributed by atoms with Crippen LogP contribution in [0.25, 0.3) is 21.8 Å². The van der Waals surface area contributed by atoms with Crippen molar-refractivity contribution in [2.75, 3.05) is 11.9 Å². The maximum Gasteiger partial charge on any atom is 0.0745 e. The average Bonchev–Trinajstić information content (AvgIpc) is 2.60. The van der Waals surface area contributed by atoms with Gasteiger partial charge in [0, 0.05) is 40.5 Å². The summed E-state index contributed by atoms with van der Waals surface area (Å²) in [5.74, 6) is 0. The number of halogens is 2. The lowest BCUT2D eigenvalue weighted by Gasteiger charge is -2.36. The highest BCUT2D eigenvalue weighted by molar-refractivity contribution is 6.31. The number of para-hydroxylation sites is 1. The molecule has 0 aliphatic heterocycles. The smallest absolute Gasteiger partial charge is 0.0745 e. The number of aromatic nitrogens is 1. The lowest BCUT2D eigenvalue weighted by atomic mass is 10.1. The topological polar surface area (TPSA) is 28.2 Å². The Morgan fingerprint density at radius 1 is 0.929 bits per heavy atom. The summed E-state index contributed by atoms with van der Waals surface area (Å²) < 4.78 is 0. The molecule has 1 unspecified atom stereocenters. The fourth-order valence-corrected chi connectivity index (χ4v) is 4.39. The van der Waals surface area contributed by atoms with Crippen molar-refractivity contribution < 1.29 is 0 Å². The van der Waals surface area contributed by atoms with Crippen LogP contribution in [0.15, 0.2) is 42.5 Å². The summed E-state index contributed by atoms with van der Waals surface area (Å²) in [5, 5.41) is 6.70. The molecule has 28 heavy (non-hydrogen) atoms. The Labute approximate surface area is 179 Å². The fraction of sp³-hybridized carbons (Fsp3) is 0.435. The van der Waals surface area contributed by atoms with E-state index in [9.17, 15) is 0 Å². The van der Waals surface area contributed by atoms with E-state index in [1.54, 1.807) is 0 Å². The number of benzene rings is 2. The van der Waals surface area contributed by atoms with Crippen molar-refractivity contribution in [3.63, 3.8) is 0 Å². The third-order valence-corrected chi connectivity index (χ3v) is 5.44. The van der Waals surface area contributed by atoms with Crippen LogP contribution in [0, 0.1) is 0 Å². The molecule has 0 amide bonds. The van der Waals surface area contributed by atoms with E-state index in [1.807, 2.05) is 18.2 Å². The van der Waals surface area contributed by atoms with Gasteiger partial charge in [0.15, 0.2) is 0 Å². The van der Waals surface area contributed by atoms with Gasteiger partial charge < -0.3 is 5.32 Å². The molecular weight excluding hydrogens is 389 g/mol. The second-order valence-corrected chi connectivity index (χ2v) is 8.30. The molecule has 0 bridgehead atoms. The molecule has 0 saturated carbocycles. The van der Waals surface area contributed by atoms with Gasteiger partial charge in [-0.15, -0.1) is 12.4 Å². The summed E-state index contributed by atoms with van der Waals surface area (Å²) in [6.07, 6.45) is 1.09. The molecule has 1 aromatic heterocycles. The number of anilines is 1. The van der Waals surface area contributed by atoms with E-state index in [-0.39, 0.29) is 12.4 Å². The minimum atomic E-state index is 0. The highest BCUT2D eigenvalue weighted by atomic mass is 35.5. The average molecular weight is 420 g/mol. The van der Waals surface area contributed by atoms with Gasteiger partial charge in [-0.1, -0.05) is 29.8 Å². The van der Waals surface area contributed by atoms with Crippen molar-refractivity contribution in [3.8, 4) is 0 Å². The Kier molecular flexibility index (Phi) is 7.94. The number of fused-ring (bicyclic) bond motifs is 2. The minimum Gasteiger partial charge on any atom is -0.384 e. The van der Waals surface area contributed by atoms with Gasteiger partial charge in [0.05, 0.1) is 16.7 Å². The lowest BCUT2D eigenvalue weighted by molar-refractivity contribution is 0.119. The first-order chi connectivity index (χ1) is 12.9. The van der Waals surface area contributed by atoms with Gasteiger partial charge in [-0.25, -0.2) is 4.98 Å². The number of rotatable bonds is 7. The number of hydrogen-bond donors (Lipinski definition) is 1. The van der Waals surface area contributed by atoms with Crippen LogP contribution < -0.4 is 5.32 Å². The number of pyridine rings is 1. The van der Waals surface area contributed by atoms with Gasteiger partial charge in [-0.3, -0.25) is 4.90 Å². The van der Waals surface area contributed by atoms with E-state index in [2.05, 4.69) is 69.1 Å². The van der Waals surface area contributed by atoms with E-state index >= 15 is 0 Å². The third-order valence-electron chi connectivity index (χ3n) is 5.21. The van der Waals surface area contributed by atoms with Gasteiger partial charge in [-0.2, -0.15) is 0 Å². The number of nitrogens with one attached hydrogen (secondary N) is 1. The molecule has 0 fully saturated rings. The summed E-state index contributed by atoms with van der Waals surface area (Å²) in [5.41, 5.74) is 3.08. The van der Waals surface area contributed by atoms with Crippen molar-refractivity contribution in [1.29, 1.82) is 0 Å². The van der Waals surface area contributed by atoms with Crippen LogP contribution in [0.3, 0.4) is 0 Å². The summed E-state index contributed by atoms with van der Waals surface area (Å²) in [6, 6.07) is 15.8. The largest absolute Gasteiger partial charge is 0.384 e. The molecule has 1 atom stereocenters. The van der Waals surface area contributed by atoms with E-state index in [0.29, 0.717) is 18.1 Å². The van der Waals surface area contributed by atoms with Crippen LogP contribution in [0.5, 0.6) is 0 Å². The third kappa shape index (κ3) is 4.89. The molecule has 1 heterocycles. The van der Waals surface area contributed by atoms with E-state index in [0.717, 1.165) is 45.5 Å². The quantitative estimate of drug-likeness (QED) is 0.428. The van der Waals surface area contributed by atoms with Crippen molar-refractivity contribution in [3.05, 3.63) is 47.5 Å². The maximum absolute atomic E-state index is 6.20. The molecular formula is C23H31Cl2N3. The van der Waals surface area contributed by atoms with Crippen LogP contribution >= 0.6 is 24.0 Å². The lowest BCUT2D eigenvalue weighted by Crippen LogP contribution is -2.44. The molecule has 0 saturated heterocycles. The first kappa shape index (κ1) is 22.7. The zero-order valence-electron chi connectivity index (χ0n) is 17.4. The van der Waals surface area contributed by atoms with Gasteiger partial charge in [-0.05, 0) is 65.3 Å². The summed E-state index contributed by atoms with van der Waals surface area (Å²) in [4.78, 5) is 7.36. The van der Waals surface area contributed by atoms with Crippen LogP contribution in [0.1, 0.15) is 41.0 Å². The molecule has 5 heteroatoms. The van der Waals surface area contributed by atoms with Crippen LogP contribution in [-0.2, 0) is 0 Å². The molecule has 0 radical (unpaired) electrons. The van der Waals surface area contributed by atoms with Crippen molar-refractivity contribution in [2.45, 2.75) is 59.2 Å². The Morgan fingerprint density at radius 2 is 1.57 bits per heavy atom. The van der Waals surface area contributed by atoms with Crippen molar-refractivity contribution in [1.82, 2.24) is 9.88 Å². The molecule has 152 valence electrons.